The number of anilines is 2. The number of nitrogens with zero attached hydrogens (tertiary/aromatic N) is 3. The molecule has 10 nitrogen and oxygen atoms in total. The Morgan fingerprint density at radius 2 is 1.97 bits per heavy atom. The molecule has 1 N–H and O–H groups in total. The van der Waals surface area contributed by atoms with E-state index < -0.39 is 51.9 Å². The summed E-state index contributed by atoms with van der Waals surface area (Å²) >= 11 is 0. The Morgan fingerprint density at radius 3 is 2.71 bits per heavy atom. The summed E-state index contributed by atoms with van der Waals surface area (Å²) in [6.07, 6.45) is 1.31. The number of ether oxygens (including phenoxy) is 1. The molecule has 0 aromatic heterocycles. The maximum absolute atomic E-state index is 14.3. The summed E-state index contributed by atoms with van der Waals surface area (Å²) < 4.78 is 19.6. The second-order valence-corrected chi connectivity index (χ2v) is 8.94. The number of nitro benzene ring substituents is 1. The molecular formula is C23H19FN4O6. The van der Waals surface area contributed by atoms with E-state index in [0.29, 0.717) is 24.2 Å². The molecule has 0 aliphatic carbocycles. The first kappa shape index (κ1) is 20.7. The maximum Gasteiger partial charge on any atom is 0.271 e. The summed E-state index contributed by atoms with van der Waals surface area (Å²) in [7, 11) is 1.33. The van der Waals surface area contributed by atoms with E-state index in [0.717, 1.165) is 17.4 Å². The Hall–Kier alpha value is -3.86. The number of nitrogens with one attached hydrogen (secondary N) is 1. The highest BCUT2D eigenvalue weighted by molar-refractivity contribution is 6.26. The zero-order chi connectivity index (χ0) is 23.9. The van der Waals surface area contributed by atoms with Gasteiger partial charge in [0, 0.05) is 29.4 Å². The van der Waals surface area contributed by atoms with E-state index in [1.807, 2.05) is 4.90 Å². The lowest BCUT2D eigenvalue weighted by Crippen LogP contribution is -2.54. The fraction of sp³-hybridized carbons (Fsp3) is 0.348. The van der Waals surface area contributed by atoms with Crippen LogP contribution in [0.4, 0.5) is 21.5 Å². The van der Waals surface area contributed by atoms with Gasteiger partial charge in [-0.25, -0.2) is 9.29 Å². The third-order valence-corrected chi connectivity index (χ3v) is 7.57. The minimum Gasteiger partial charge on any atom is -0.495 e. The summed E-state index contributed by atoms with van der Waals surface area (Å²) in [5, 5.41) is 14.1. The van der Waals surface area contributed by atoms with Crippen molar-refractivity contribution in [2.24, 2.45) is 11.8 Å². The highest BCUT2D eigenvalue weighted by atomic mass is 19.1. The number of methoxy groups -OCH3 is 1. The molecule has 11 heteroatoms. The molecule has 4 aliphatic rings. The molecule has 174 valence electrons. The van der Waals surface area contributed by atoms with Gasteiger partial charge in [-0.3, -0.25) is 29.4 Å². The van der Waals surface area contributed by atoms with Crippen molar-refractivity contribution >= 4 is 34.8 Å². The molecule has 3 fully saturated rings. The average Bonchev–Trinajstić information content (AvgIpc) is 3.52. The largest absolute Gasteiger partial charge is 0.495 e. The molecule has 1 spiro atoms. The first-order chi connectivity index (χ1) is 16.3. The van der Waals surface area contributed by atoms with Crippen LogP contribution in [0.15, 0.2) is 36.4 Å². The standard InChI is InChI=1S/C23H19FN4O6/c1-34-17-7-5-12(28(32)33)10-16(17)27-20(29)18-15-3-2-8-26(15)23(19(18)21(27)30)13-9-11(24)4-6-14(13)25-22(23)31/h4-7,9-10,15,18-19H,2-3,8H2,1H3,(H,25,31)/t15-,18+,19-,23-/m0/s1. The van der Waals surface area contributed by atoms with E-state index in [9.17, 15) is 28.9 Å². The van der Waals surface area contributed by atoms with E-state index in [2.05, 4.69) is 5.32 Å². The topological polar surface area (TPSA) is 122 Å². The molecule has 0 radical (unpaired) electrons. The highest BCUT2D eigenvalue weighted by Crippen LogP contribution is 2.61. The lowest BCUT2D eigenvalue weighted by molar-refractivity contribution is -0.384. The number of imide groups is 1. The van der Waals surface area contributed by atoms with Crippen molar-refractivity contribution in [3.8, 4) is 5.75 Å². The quantitative estimate of drug-likeness (QED) is 0.418. The van der Waals surface area contributed by atoms with Gasteiger partial charge in [0.2, 0.25) is 17.7 Å². The maximum atomic E-state index is 14.3. The van der Waals surface area contributed by atoms with Crippen LogP contribution in [0.3, 0.4) is 0 Å². The van der Waals surface area contributed by atoms with Crippen molar-refractivity contribution in [1.29, 1.82) is 0 Å². The van der Waals surface area contributed by atoms with Crippen molar-refractivity contribution in [2.75, 3.05) is 23.9 Å². The number of nitro groups is 1. The van der Waals surface area contributed by atoms with E-state index in [1.54, 1.807) is 0 Å². The number of carbonyl (C=O) groups excluding carboxylic acids is 3. The lowest BCUT2D eigenvalue weighted by Gasteiger charge is -2.36. The number of halogens is 1. The summed E-state index contributed by atoms with van der Waals surface area (Å²) in [5.74, 6) is -4.05. The van der Waals surface area contributed by atoms with Crippen LogP contribution in [0.25, 0.3) is 0 Å². The SMILES string of the molecule is COc1ccc([N+](=O)[O-])cc1N1C(=O)[C@H]2[C@@H](C1=O)[C@@]1(C(=O)Nc3ccc(F)cc31)N1CCC[C@@H]21. The average molecular weight is 466 g/mol. The molecule has 2 aromatic carbocycles. The Bertz CT molecular complexity index is 1310. The second-order valence-electron chi connectivity index (χ2n) is 8.94. The van der Waals surface area contributed by atoms with Crippen LogP contribution in [0.5, 0.6) is 5.75 Å². The van der Waals surface area contributed by atoms with Gasteiger partial charge in [0.15, 0.2) is 0 Å². The van der Waals surface area contributed by atoms with E-state index in [1.165, 1.54) is 37.4 Å². The number of rotatable bonds is 3. The smallest absolute Gasteiger partial charge is 0.271 e. The number of hydrogen-bond donors (Lipinski definition) is 1. The zero-order valence-corrected chi connectivity index (χ0v) is 18.0. The van der Waals surface area contributed by atoms with Gasteiger partial charge in [0.25, 0.3) is 5.69 Å². The molecule has 4 heterocycles. The van der Waals surface area contributed by atoms with Crippen LogP contribution >= 0.6 is 0 Å². The van der Waals surface area contributed by atoms with Crippen LogP contribution in [0.2, 0.25) is 0 Å². The third-order valence-electron chi connectivity index (χ3n) is 7.57. The predicted octanol–water partition coefficient (Wildman–Crippen LogP) is 2.17. The first-order valence-electron chi connectivity index (χ1n) is 10.9. The lowest BCUT2D eigenvalue weighted by atomic mass is 9.75. The van der Waals surface area contributed by atoms with Gasteiger partial charge >= 0.3 is 0 Å². The number of hydrogen-bond acceptors (Lipinski definition) is 7. The van der Waals surface area contributed by atoms with Crippen molar-refractivity contribution in [1.82, 2.24) is 4.90 Å². The van der Waals surface area contributed by atoms with Gasteiger partial charge in [-0.15, -0.1) is 0 Å². The predicted molar refractivity (Wildman–Crippen MR) is 116 cm³/mol. The fourth-order valence-electron chi connectivity index (χ4n) is 6.38. The third kappa shape index (κ3) is 2.34. The number of fused-ring (bicyclic) bond motifs is 7. The molecule has 6 rings (SSSR count). The Balaban J connectivity index is 1.56. The highest BCUT2D eigenvalue weighted by Gasteiger charge is 2.74. The van der Waals surface area contributed by atoms with Gasteiger partial charge in [0.05, 0.1) is 23.9 Å². The molecule has 0 bridgehead atoms. The molecule has 2 aromatic rings. The minimum atomic E-state index is -1.53. The normalized spacial score (nSPS) is 29.4. The Morgan fingerprint density at radius 1 is 1.18 bits per heavy atom. The van der Waals surface area contributed by atoms with Crippen LogP contribution in [0, 0.1) is 27.8 Å². The van der Waals surface area contributed by atoms with Crippen LogP contribution in [-0.2, 0) is 19.9 Å². The van der Waals surface area contributed by atoms with Gasteiger partial charge in [0.1, 0.15) is 22.8 Å². The molecular weight excluding hydrogens is 447 g/mol. The summed E-state index contributed by atoms with van der Waals surface area (Å²) in [5.41, 5.74) is -1.13. The van der Waals surface area contributed by atoms with E-state index in [-0.39, 0.29) is 17.1 Å². The van der Waals surface area contributed by atoms with Crippen molar-refractivity contribution < 1.29 is 28.4 Å². The minimum absolute atomic E-state index is 0.0429. The molecule has 0 saturated carbocycles. The van der Waals surface area contributed by atoms with E-state index in [4.69, 9.17) is 4.74 Å². The fourth-order valence-corrected chi connectivity index (χ4v) is 6.38. The Kier molecular flexibility index (Phi) is 4.16. The van der Waals surface area contributed by atoms with Crippen LogP contribution in [0.1, 0.15) is 18.4 Å². The van der Waals surface area contributed by atoms with Gasteiger partial charge in [-0.2, -0.15) is 0 Å². The molecule has 3 amide bonds. The monoisotopic (exact) mass is 466 g/mol. The summed E-state index contributed by atoms with van der Waals surface area (Å²) in [6, 6.07) is 7.21. The van der Waals surface area contributed by atoms with Crippen molar-refractivity contribution in [2.45, 2.75) is 24.4 Å². The van der Waals surface area contributed by atoms with Crippen LogP contribution in [-0.4, -0.2) is 47.2 Å². The van der Waals surface area contributed by atoms with Gasteiger partial charge < -0.3 is 10.1 Å². The molecule has 0 unspecified atom stereocenters. The number of benzene rings is 2. The Labute approximate surface area is 192 Å². The molecule has 3 saturated heterocycles. The van der Waals surface area contributed by atoms with Crippen molar-refractivity contribution in [3.63, 3.8) is 0 Å². The summed E-state index contributed by atoms with van der Waals surface area (Å²) in [4.78, 5) is 54.8. The van der Waals surface area contributed by atoms with Crippen molar-refractivity contribution in [3.05, 3.63) is 57.9 Å². The summed E-state index contributed by atoms with van der Waals surface area (Å²) in [6.45, 7) is 0.488. The van der Waals surface area contributed by atoms with Gasteiger partial charge in [-0.05, 0) is 43.7 Å². The first-order valence-corrected chi connectivity index (χ1v) is 10.9. The number of non-ortho nitro benzene ring substituents is 1. The van der Waals surface area contributed by atoms with E-state index >= 15 is 0 Å². The second kappa shape index (κ2) is 6.83. The molecule has 4 aliphatic heterocycles. The molecule has 4 atom stereocenters. The van der Waals surface area contributed by atoms with Gasteiger partial charge in [-0.1, -0.05) is 0 Å². The molecule has 34 heavy (non-hydrogen) atoms. The number of carbonyl (C=O) groups is 3. The van der Waals surface area contributed by atoms with Crippen LogP contribution < -0.4 is 15.0 Å². The number of amides is 3. The zero-order valence-electron chi connectivity index (χ0n) is 18.0.